The molecule has 3 rings (SSSR count). The van der Waals surface area contributed by atoms with Gasteiger partial charge in [-0.1, -0.05) is 19.9 Å². The predicted molar refractivity (Wildman–Crippen MR) is 123 cm³/mol. The summed E-state index contributed by atoms with van der Waals surface area (Å²) in [6.07, 6.45) is -0.247. The molecule has 2 aromatic rings. The molecule has 0 fully saturated rings. The van der Waals surface area contributed by atoms with Crippen molar-refractivity contribution in [3.63, 3.8) is 0 Å². The first kappa shape index (κ1) is 24.2. The molecule has 1 aliphatic carbocycles. The van der Waals surface area contributed by atoms with E-state index >= 15 is 0 Å². The van der Waals surface area contributed by atoms with Gasteiger partial charge in [-0.2, -0.15) is 0 Å². The van der Waals surface area contributed by atoms with Crippen LogP contribution in [-0.2, 0) is 15.9 Å². The highest BCUT2D eigenvalue weighted by atomic mass is 16.7. The van der Waals surface area contributed by atoms with Gasteiger partial charge in [-0.3, -0.25) is 4.79 Å². The van der Waals surface area contributed by atoms with Crippen LogP contribution in [0.1, 0.15) is 30.9 Å². The first-order valence-corrected chi connectivity index (χ1v) is 10.7. The number of hydrogen-bond acceptors (Lipinski definition) is 8. The number of ether oxygens (including phenoxy) is 6. The van der Waals surface area contributed by atoms with E-state index < -0.39 is 6.16 Å². The molecule has 178 valence electrons. The first-order valence-electron chi connectivity index (χ1n) is 10.7. The molecule has 1 atom stereocenters. The fourth-order valence-corrected chi connectivity index (χ4v) is 3.99. The molecule has 8 nitrogen and oxygen atoms in total. The summed E-state index contributed by atoms with van der Waals surface area (Å²) >= 11 is 0. The van der Waals surface area contributed by atoms with E-state index in [4.69, 9.17) is 28.4 Å². The largest absolute Gasteiger partial charge is 0.508 e. The summed E-state index contributed by atoms with van der Waals surface area (Å²) in [5.74, 6) is 1.60. The highest BCUT2D eigenvalue weighted by Crippen LogP contribution is 2.51. The lowest BCUT2D eigenvalue weighted by molar-refractivity contribution is 0.0434. The average molecular weight is 459 g/mol. The Morgan fingerprint density at radius 3 is 2.24 bits per heavy atom. The number of carbonyl (C=O) groups excluding carboxylic acids is 1. The van der Waals surface area contributed by atoms with Crippen LogP contribution in [0.15, 0.2) is 29.1 Å². The van der Waals surface area contributed by atoms with E-state index in [1.807, 2.05) is 26.0 Å². The van der Waals surface area contributed by atoms with Crippen LogP contribution in [0.2, 0.25) is 0 Å². The standard InChI is InChI=1S/C25H30O8/c1-14(2)12-32-25(27)33-13-16-9-15-10-21(29-4)23(30-5)24(31-6)22(15)17-7-8-20(28-3)19(26)11-18(16)17/h7-8,10-11,14,16H,9,12-13H2,1-6H3/t16-/m1/s1. The first-order chi connectivity index (χ1) is 15.8. The predicted octanol–water partition coefficient (Wildman–Crippen LogP) is 4.20. The van der Waals surface area contributed by atoms with Crippen LogP contribution in [0.5, 0.6) is 23.0 Å². The summed E-state index contributed by atoms with van der Waals surface area (Å²) in [6.45, 7) is 4.21. The molecule has 0 radical (unpaired) electrons. The Morgan fingerprint density at radius 1 is 0.939 bits per heavy atom. The number of rotatable bonds is 8. The summed E-state index contributed by atoms with van der Waals surface area (Å²) in [5.41, 5.74) is 2.92. The van der Waals surface area contributed by atoms with Crippen molar-refractivity contribution in [1.29, 1.82) is 0 Å². The fourth-order valence-electron chi connectivity index (χ4n) is 3.99. The number of benzene rings is 1. The van der Waals surface area contributed by atoms with Crippen molar-refractivity contribution >= 4 is 6.16 Å². The third kappa shape index (κ3) is 4.99. The summed E-state index contributed by atoms with van der Waals surface area (Å²) in [5, 5.41) is 0. The van der Waals surface area contributed by atoms with E-state index in [0.29, 0.717) is 23.7 Å². The molecule has 8 heteroatoms. The minimum Gasteiger partial charge on any atom is -0.493 e. The van der Waals surface area contributed by atoms with Crippen LogP contribution in [0.3, 0.4) is 0 Å². The van der Waals surface area contributed by atoms with Crippen LogP contribution < -0.4 is 24.4 Å². The molecule has 0 bridgehead atoms. The highest BCUT2D eigenvalue weighted by Gasteiger charge is 2.32. The van der Waals surface area contributed by atoms with Crippen molar-refractivity contribution in [3.8, 4) is 34.1 Å². The maximum Gasteiger partial charge on any atom is 0.508 e. The van der Waals surface area contributed by atoms with E-state index in [1.54, 1.807) is 27.4 Å². The van der Waals surface area contributed by atoms with Gasteiger partial charge in [-0.05, 0) is 47.2 Å². The van der Waals surface area contributed by atoms with E-state index in [9.17, 15) is 9.59 Å². The van der Waals surface area contributed by atoms with Crippen molar-refractivity contribution < 1.29 is 33.2 Å². The normalized spacial score (nSPS) is 14.1. The second-order valence-electron chi connectivity index (χ2n) is 8.13. The van der Waals surface area contributed by atoms with Gasteiger partial charge in [0.1, 0.15) is 6.61 Å². The zero-order valence-corrected chi connectivity index (χ0v) is 19.9. The summed E-state index contributed by atoms with van der Waals surface area (Å²) in [6, 6.07) is 6.85. The third-order valence-corrected chi connectivity index (χ3v) is 5.49. The minimum absolute atomic E-state index is 0.0474. The molecule has 1 aliphatic rings. The Hall–Kier alpha value is -3.42. The van der Waals surface area contributed by atoms with E-state index in [2.05, 4.69) is 0 Å². The van der Waals surface area contributed by atoms with Crippen molar-refractivity contribution in [2.75, 3.05) is 41.7 Å². The monoisotopic (exact) mass is 458 g/mol. The van der Waals surface area contributed by atoms with E-state index in [1.165, 1.54) is 13.2 Å². The number of hydrogen-bond donors (Lipinski definition) is 0. The maximum absolute atomic E-state index is 12.7. The molecule has 0 aromatic heterocycles. The Kier molecular flexibility index (Phi) is 7.68. The SMILES string of the molecule is COc1cc2c(c(OC)c1OC)-c1ccc(OC)c(=O)cc1[C@@H](COC(=O)OCC(C)C)C2. The molecular formula is C25H30O8. The Labute approximate surface area is 193 Å². The molecule has 0 aliphatic heterocycles. The molecule has 2 aromatic carbocycles. The van der Waals surface area contributed by atoms with Crippen molar-refractivity contribution in [3.05, 3.63) is 45.6 Å². The highest BCUT2D eigenvalue weighted by molar-refractivity contribution is 5.83. The van der Waals surface area contributed by atoms with Gasteiger partial charge >= 0.3 is 6.16 Å². The van der Waals surface area contributed by atoms with Crippen LogP contribution in [0.4, 0.5) is 4.79 Å². The van der Waals surface area contributed by atoms with Gasteiger partial charge in [0.15, 0.2) is 17.2 Å². The summed E-state index contributed by atoms with van der Waals surface area (Å²) < 4.78 is 32.6. The van der Waals surface area contributed by atoms with Crippen LogP contribution in [-0.4, -0.2) is 47.8 Å². The molecule has 0 spiro atoms. The van der Waals surface area contributed by atoms with Gasteiger partial charge < -0.3 is 28.4 Å². The lowest BCUT2D eigenvalue weighted by Crippen LogP contribution is -2.21. The number of fused-ring (bicyclic) bond motifs is 3. The van der Waals surface area contributed by atoms with Gasteiger partial charge in [0.2, 0.25) is 11.2 Å². The molecule has 0 heterocycles. The fraction of sp³-hybridized carbons (Fsp3) is 0.440. The number of methoxy groups -OCH3 is 4. The average Bonchev–Trinajstić information content (AvgIpc) is 2.97. The van der Waals surface area contributed by atoms with Gasteiger partial charge in [-0.25, -0.2) is 4.79 Å². The lowest BCUT2D eigenvalue weighted by Gasteiger charge is -2.29. The van der Waals surface area contributed by atoms with Gasteiger partial charge in [0, 0.05) is 11.5 Å². The van der Waals surface area contributed by atoms with E-state index in [-0.39, 0.29) is 36.2 Å². The Bertz CT molecular complexity index is 1080. The van der Waals surface area contributed by atoms with E-state index in [0.717, 1.165) is 22.3 Å². The maximum atomic E-state index is 12.7. The molecular weight excluding hydrogens is 428 g/mol. The quantitative estimate of drug-likeness (QED) is 0.544. The minimum atomic E-state index is -0.735. The molecule has 33 heavy (non-hydrogen) atoms. The second-order valence-corrected chi connectivity index (χ2v) is 8.13. The van der Waals surface area contributed by atoms with Gasteiger partial charge in [0.25, 0.3) is 0 Å². The molecule has 0 N–H and O–H groups in total. The van der Waals surface area contributed by atoms with Crippen LogP contribution in [0, 0.1) is 5.92 Å². The Balaban J connectivity index is 2.12. The molecule has 0 unspecified atom stereocenters. The third-order valence-electron chi connectivity index (χ3n) is 5.49. The second kappa shape index (κ2) is 10.5. The molecule has 0 saturated carbocycles. The van der Waals surface area contributed by atoms with Gasteiger partial charge in [0.05, 0.1) is 35.0 Å². The summed E-state index contributed by atoms with van der Waals surface area (Å²) in [4.78, 5) is 24.8. The van der Waals surface area contributed by atoms with Crippen LogP contribution in [0.25, 0.3) is 11.1 Å². The van der Waals surface area contributed by atoms with Crippen molar-refractivity contribution in [2.45, 2.75) is 26.2 Å². The summed E-state index contributed by atoms with van der Waals surface area (Å²) in [7, 11) is 6.10. The lowest BCUT2D eigenvalue weighted by atomic mass is 9.79. The zero-order valence-electron chi connectivity index (χ0n) is 19.9. The number of carbonyl (C=O) groups is 1. The van der Waals surface area contributed by atoms with Crippen molar-refractivity contribution in [1.82, 2.24) is 0 Å². The smallest absolute Gasteiger partial charge is 0.493 e. The van der Waals surface area contributed by atoms with Crippen LogP contribution >= 0.6 is 0 Å². The van der Waals surface area contributed by atoms with Crippen molar-refractivity contribution in [2.24, 2.45) is 5.92 Å². The van der Waals surface area contributed by atoms with Gasteiger partial charge in [-0.15, -0.1) is 0 Å². The molecule has 0 amide bonds. The topological polar surface area (TPSA) is 89.5 Å². The Morgan fingerprint density at radius 2 is 1.64 bits per heavy atom. The molecule has 0 saturated heterocycles. The zero-order chi connectivity index (χ0) is 24.1.